The molecule has 2 heterocycles. The van der Waals surface area contributed by atoms with Gasteiger partial charge in [0, 0.05) is 24.0 Å². The van der Waals surface area contributed by atoms with E-state index in [1.807, 2.05) is 31.2 Å². The van der Waals surface area contributed by atoms with Crippen molar-refractivity contribution in [1.29, 1.82) is 0 Å². The van der Waals surface area contributed by atoms with Crippen molar-refractivity contribution in [3.63, 3.8) is 0 Å². The Bertz CT molecular complexity index is 684. The SMILES string of the molecule is CCOC(=O)C1=NN(c2ccc(Cl)cc2)C2(N3CCCC3)CCCC12. The van der Waals surface area contributed by atoms with Gasteiger partial charge in [-0.3, -0.25) is 4.90 Å². The van der Waals surface area contributed by atoms with E-state index >= 15 is 0 Å². The lowest BCUT2D eigenvalue weighted by Crippen LogP contribution is -2.58. The fourth-order valence-electron chi connectivity index (χ4n) is 4.71. The lowest BCUT2D eigenvalue weighted by molar-refractivity contribution is -0.135. The van der Waals surface area contributed by atoms with Crippen LogP contribution >= 0.6 is 11.6 Å². The van der Waals surface area contributed by atoms with E-state index in [-0.39, 0.29) is 17.6 Å². The summed E-state index contributed by atoms with van der Waals surface area (Å²) in [5, 5.41) is 7.58. The Hall–Kier alpha value is -1.59. The summed E-state index contributed by atoms with van der Waals surface area (Å²) in [5.41, 5.74) is 1.34. The molecule has 2 aliphatic heterocycles. The van der Waals surface area contributed by atoms with Crippen molar-refractivity contribution >= 4 is 29.0 Å². The van der Waals surface area contributed by atoms with E-state index in [0.717, 1.165) is 38.0 Å². The van der Waals surface area contributed by atoms with E-state index in [1.54, 1.807) is 0 Å². The van der Waals surface area contributed by atoms with Crippen LogP contribution in [0.25, 0.3) is 0 Å². The predicted molar refractivity (Wildman–Crippen MR) is 98.9 cm³/mol. The van der Waals surface area contributed by atoms with Crippen molar-refractivity contribution in [3.8, 4) is 0 Å². The first-order valence-electron chi connectivity index (χ1n) is 9.23. The lowest BCUT2D eigenvalue weighted by atomic mass is 9.90. The number of benzene rings is 1. The second-order valence-corrected chi connectivity index (χ2v) is 7.45. The van der Waals surface area contributed by atoms with Crippen LogP contribution in [0.5, 0.6) is 0 Å². The highest BCUT2D eigenvalue weighted by Gasteiger charge is 2.59. The highest BCUT2D eigenvalue weighted by atomic mass is 35.5. The number of esters is 1. The Morgan fingerprint density at radius 1 is 1.28 bits per heavy atom. The highest BCUT2D eigenvalue weighted by molar-refractivity contribution is 6.38. The van der Waals surface area contributed by atoms with E-state index < -0.39 is 0 Å². The van der Waals surface area contributed by atoms with Crippen molar-refractivity contribution in [2.45, 2.75) is 44.7 Å². The number of halogens is 1. The van der Waals surface area contributed by atoms with Gasteiger partial charge in [-0.05, 0) is 63.3 Å². The molecule has 0 amide bonds. The van der Waals surface area contributed by atoms with E-state index in [1.165, 1.54) is 12.8 Å². The quantitative estimate of drug-likeness (QED) is 0.767. The van der Waals surface area contributed by atoms with Gasteiger partial charge in [0.15, 0.2) is 5.71 Å². The molecule has 1 aromatic rings. The molecule has 0 bridgehead atoms. The smallest absolute Gasteiger partial charge is 0.354 e. The molecule has 0 aromatic heterocycles. The molecule has 1 saturated carbocycles. The summed E-state index contributed by atoms with van der Waals surface area (Å²) in [4.78, 5) is 15.1. The fraction of sp³-hybridized carbons (Fsp3) is 0.579. The van der Waals surface area contributed by atoms with E-state index in [4.69, 9.17) is 21.4 Å². The molecule has 2 atom stereocenters. The van der Waals surface area contributed by atoms with Gasteiger partial charge in [-0.15, -0.1) is 0 Å². The number of hydrogen-bond acceptors (Lipinski definition) is 5. The van der Waals surface area contributed by atoms with Crippen molar-refractivity contribution in [3.05, 3.63) is 29.3 Å². The number of ether oxygens (including phenoxy) is 1. The molecule has 134 valence electrons. The third-order valence-electron chi connectivity index (χ3n) is 5.71. The molecule has 3 aliphatic rings. The summed E-state index contributed by atoms with van der Waals surface area (Å²) < 4.78 is 5.31. The summed E-state index contributed by atoms with van der Waals surface area (Å²) >= 11 is 6.07. The van der Waals surface area contributed by atoms with Crippen LogP contribution < -0.4 is 5.01 Å². The van der Waals surface area contributed by atoms with Crippen LogP contribution in [0.15, 0.2) is 29.4 Å². The molecule has 4 rings (SSSR count). The van der Waals surface area contributed by atoms with Gasteiger partial charge in [-0.25, -0.2) is 9.80 Å². The van der Waals surface area contributed by atoms with E-state index in [2.05, 4.69) is 9.91 Å². The van der Waals surface area contributed by atoms with E-state index in [0.29, 0.717) is 17.3 Å². The maximum atomic E-state index is 12.6. The Balaban J connectivity index is 1.78. The summed E-state index contributed by atoms with van der Waals surface area (Å²) in [6, 6.07) is 7.76. The Morgan fingerprint density at radius 2 is 2.00 bits per heavy atom. The molecule has 1 aromatic carbocycles. The van der Waals surface area contributed by atoms with E-state index in [9.17, 15) is 4.79 Å². The molecule has 25 heavy (non-hydrogen) atoms. The molecule has 6 heteroatoms. The maximum Gasteiger partial charge on any atom is 0.354 e. The number of rotatable bonds is 4. The molecular formula is C19H24ClN3O2. The van der Waals surface area contributed by atoms with Gasteiger partial charge in [0.2, 0.25) is 0 Å². The Kier molecular flexibility index (Phi) is 4.46. The van der Waals surface area contributed by atoms with Crippen LogP contribution in [0.4, 0.5) is 5.69 Å². The molecule has 2 fully saturated rings. The fourth-order valence-corrected chi connectivity index (χ4v) is 4.84. The van der Waals surface area contributed by atoms with Crippen LogP contribution in [0.3, 0.4) is 0 Å². The molecule has 1 aliphatic carbocycles. The third kappa shape index (κ3) is 2.64. The Labute approximate surface area is 153 Å². The topological polar surface area (TPSA) is 45.1 Å². The monoisotopic (exact) mass is 361 g/mol. The van der Waals surface area contributed by atoms with Crippen molar-refractivity contribution in [1.82, 2.24) is 4.90 Å². The zero-order chi connectivity index (χ0) is 17.4. The molecule has 0 spiro atoms. The largest absolute Gasteiger partial charge is 0.461 e. The molecule has 2 unspecified atom stereocenters. The minimum atomic E-state index is -0.269. The maximum absolute atomic E-state index is 12.6. The summed E-state index contributed by atoms with van der Waals surface area (Å²) in [6.45, 7) is 4.34. The number of likely N-dealkylation sites (tertiary alicyclic amines) is 1. The van der Waals surface area contributed by atoms with Crippen LogP contribution in [-0.4, -0.2) is 41.9 Å². The van der Waals surface area contributed by atoms with Crippen molar-refractivity contribution in [2.75, 3.05) is 24.7 Å². The average Bonchev–Trinajstić information content (AvgIpc) is 3.31. The first-order chi connectivity index (χ1) is 12.2. The zero-order valence-corrected chi connectivity index (χ0v) is 15.3. The first kappa shape index (κ1) is 16.9. The lowest BCUT2D eigenvalue weighted by Gasteiger charge is -2.45. The number of hydrogen-bond donors (Lipinski definition) is 0. The van der Waals surface area contributed by atoms with Gasteiger partial charge < -0.3 is 4.74 Å². The van der Waals surface area contributed by atoms with Crippen LogP contribution in [0.1, 0.15) is 39.0 Å². The Morgan fingerprint density at radius 3 is 2.68 bits per heavy atom. The number of anilines is 1. The summed E-state index contributed by atoms with van der Waals surface area (Å²) in [6.07, 6.45) is 5.52. The molecular weight excluding hydrogens is 338 g/mol. The average molecular weight is 362 g/mol. The zero-order valence-electron chi connectivity index (χ0n) is 14.6. The normalized spacial score (nSPS) is 29.0. The van der Waals surface area contributed by atoms with Crippen LogP contribution in [-0.2, 0) is 9.53 Å². The second kappa shape index (κ2) is 6.61. The minimum absolute atomic E-state index is 0.111. The number of fused-ring (bicyclic) bond motifs is 1. The number of hydrazone groups is 1. The third-order valence-corrected chi connectivity index (χ3v) is 5.96. The standard InChI is InChI=1S/C19H24ClN3O2/c1-2-25-18(24)17-16-6-5-11-19(16,22-12-3-4-13-22)23(21-17)15-9-7-14(20)8-10-15/h7-10,16H,2-6,11-13H2,1H3. The minimum Gasteiger partial charge on any atom is -0.461 e. The second-order valence-electron chi connectivity index (χ2n) is 7.01. The van der Waals surface area contributed by atoms with Gasteiger partial charge in [-0.2, -0.15) is 5.10 Å². The molecule has 0 N–H and O–H groups in total. The summed E-state index contributed by atoms with van der Waals surface area (Å²) in [5.74, 6) is -0.158. The number of carbonyl (C=O) groups is 1. The summed E-state index contributed by atoms with van der Waals surface area (Å²) in [7, 11) is 0. The number of nitrogens with zero attached hydrogens (tertiary/aromatic N) is 3. The van der Waals surface area contributed by atoms with Gasteiger partial charge in [0.1, 0.15) is 5.66 Å². The van der Waals surface area contributed by atoms with Gasteiger partial charge in [0.25, 0.3) is 0 Å². The van der Waals surface area contributed by atoms with Crippen LogP contribution in [0, 0.1) is 5.92 Å². The predicted octanol–water partition coefficient (Wildman–Crippen LogP) is 3.67. The molecule has 0 radical (unpaired) electrons. The number of carbonyl (C=O) groups excluding carboxylic acids is 1. The van der Waals surface area contributed by atoms with Gasteiger partial charge in [-0.1, -0.05) is 11.6 Å². The van der Waals surface area contributed by atoms with Crippen molar-refractivity contribution < 1.29 is 9.53 Å². The van der Waals surface area contributed by atoms with Gasteiger partial charge in [0.05, 0.1) is 12.3 Å². The highest BCUT2D eigenvalue weighted by Crippen LogP contribution is 2.50. The van der Waals surface area contributed by atoms with Gasteiger partial charge >= 0.3 is 5.97 Å². The van der Waals surface area contributed by atoms with Crippen molar-refractivity contribution in [2.24, 2.45) is 11.0 Å². The molecule has 1 saturated heterocycles. The molecule has 5 nitrogen and oxygen atoms in total. The first-order valence-corrected chi connectivity index (χ1v) is 9.61. The van der Waals surface area contributed by atoms with Crippen LogP contribution in [0.2, 0.25) is 5.02 Å².